The molecular formula is C16H35N2+. The van der Waals surface area contributed by atoms with Gasteiger partial charge in [-0.05, 0) is 12.8 Å². The molecule has 0 aromatic rings. The Bertz CT molecular complexity index is 205. The third kappa shape index (κ3) is 10.6. The maximum atomic E-state index is 3.57. The molecule has 0 rings (SSSR count). The van der Waals surface area contributed by atoms with Gasteiger partial charge in [-0.1, -0.05) is 58.8 Å². The third-order valence-electron chi connectivity index (χ3n) is 3.42. The Hall–Kier alpha value is -0.530. The predicted molar refractivity (Wildman–Crippen MR) is 82.6 cm³/mol. The fourth-order valence-electron chi connectivity index (χ4n) is 2.13. The van der Waals surface area contributed by atoms with Gasteiger partial charge in [0.05, 0.1) is 20.6 Å². The first kappa shape index (κ1) is 17.5. The van der Waals surface area contributed by atoms with E-state index in [1.165, 1.54) is 70.0 Å². The lowest BCUT2D eigenvalue weighted by Crippen LogP contribution is -2.31. The molecule has 18 heavy (non-hydrogen) atoms. The van der Waals surface area contributed by atoms with Crippen LogP contribution in [0.3, 0.4) is 0 Å². The number of hydrogen-bond acceptors (Lipinski definition) is 0. The van der Waals surface area contributed by atoms with E-state index in [-0.39, 0.29) is 0 Å². The zero-order valence-corrected chi connectivity index (χ0v) is 13.2. The van der Waals surface area contributed by atoms with Gasteiger partial charge in [0.15, 0.2) is 0 Å². The van der Waals surface area contributed by atoms with E-state index in [0.717, 1.165) is 6.54 Å². The van der Waals surface area contributed by atoms with Gasteiger partial charge < -0.3 is 0 Å². The molecule has 0 aliphatic carbocycles. The quantitative estimate of drug-likeness (QED) is 0.253. The van der Waals surface area contributed by atoms with Gasteiger partial charge in [0, 0.05) is 6.42 Å². The van der Waals surface area contributed by atoms with Crippen LogP contribution in [0.25, 0.3) is 0 Å². The van der Waals surface area contributed by atoms with Crippen molar-refractivity contribution in [3.63, 3.8) is 0 Å². The lowest BCUT2D eigenvalue weighted by Gasteiger charge is -2.06. The molecule has 0 aromatic carbocycles. The van der Waals surface area contributed by atoms with Crippen LogP contribution in [-0.4, -0.2) is 31.1 Å². The highest BCUT2D eigenvalue weighted by atomic mass is 15.1. The Balaban J connectivity index is 3.56. The minimum atomic E-state index is 1.13. The van der Waals surface area contributed by atoms with Gasteiger partial charge in [-0.2, -0.15) is 0 Å². The molecule has 0 aliphatic heterocycles. The molecule has 0 heterocycles. The number of unbranched alkanes of at least 4 members (excludes halogenated alkanes) is 7. The molecule has 0 bridgehead atoms. The van der Waals surface area contributed by atoms with E-state index in [1.807, 2.05) is 0 Å². The molecular weight excluding hydrogens is 220 g/mol. The first-order chi connectivity index (χ1) is 8.72. The number of nitrogens with zero attached hydrogens (tertiary/aromatic N) is 1. The minimum absolute atomic E-state index is 1.13. The monoisotopic (exact) mass is 255 g/mol. The lowest BCUT2D eigenvalue weighted by molar-refractivity contribution is -0.468. The van der Waals surface area contributed by atoms with Gasteiger partial charge in [0.25, 0.3) is 0 Å². The molecule has 2 nitrogen and oxygen atoms in total. The van der Waals surface area contributed by atoms with Crippen LogP contribution in [0.1, 0.15) is 78.1 Å². The highest BCUT2D eigenvalue weighted by Gasteiger charge is 2.06. The van der Waals surface area contributed by atoms with Crippen LogP contribution in [0.4, 0.5) is 0 Å². The van der Waals surface area contributed by atoms with Crippen LogP contribution < -0.4 is 5.32 Å². The van der Waals surface area contributed by atoms with Crippen LogP contribution >= 0.6 is 0 Å². The Kier molecular flexibility index (Phi) is 12.5. The molecule has 0 unspecified atom stereocenters. The Morgan fingerprint density at radius 1 is 0.778 bits per heavy atom. The number of rotatable bonds is 11. The molecule has 0 amide bonds. The van der Waals surface area contributed by atoms with Gasteiger partial charge >= 0.3 is 0 Å². The highest BCUT2D eigenvalue weighted by molar-refractivity contribution is 5.77. The SMILES string of the molecule is CCCCCCCCCC(NCCCC)=[N+](C)C. The highest BCUT2D eigenvalue weighted by Crippen LogP contribution is 2.08. The van der Waals surface area contributed by atoms with E-state index in [0.29, 0.717) is 0 Å². The molecule has 0 aliphatic rings. The molecule has 0 atom stereocenters. The molecule has 0 saturated carbocycles. The van der Waals surface area contributed by atoms with Gasteiger partial charge in [-0.15, -0.1) is 0 Å². The third-order valence-corrected chi connectivity index (χ3v) is 3.42. The summed E-state index contributed by atoms with van der Waals surface area (Å²) >= 11 is 0. The summed E-state index contributed by atoms with van der Waals surface area (Å²) in [7, 11) is 4.30. The molecule has 0 spiro atoms. The Labute approximate surface area is 115 Å². The van der Waals surface area contributed by atoms with Crippen molar-refractivity contribution in [2.45, 2.75) is 78.1 Å². The Morgan fingerprint density at radius 2 is 1.33 bits per heavy atom. The smallest absolute Gasteiger partial charge is 0.244 e. The lowest BCUT2D eigenvalue weighted by atomic mass is 10.1. The predicted octanol–water partition coefficient (Wildman–Crippen LogP) is 4.19. The van der Waals surface area contributed by atoms with Crippen molar-refractivity contribution in [3.8, 4) is 0 Å². The van der Waals surface area contributed by atoms with Crippen molar-refractivity contribution < 1.29 is 4.58 Å². The molecule has 2 heteroatoms. The number of hydrogen-bond donors (Lipinski definition) is 1. The minimum Gasteiger partial charge on any atom is -0.278 e. The summed E-state index contributed by atoms with van der Waals surface area (Å²) < 4.78 is 2.24. The van der Waals surface area contributed by atoms with Crippen molar-refractivity contribution in [1.29, 1.82) is 0 Å². The van der Waals surface area contributed by atoms with Gasteiger partial charge in [0.2, 0.25) is 5.84 Å². The standard InChI is InChI=1S/C16H34N2/c1-5-7-9-10-11-12-13-14-16(18(3)4)17-15-8-6-2/h5-15H2,1-4H3/p+1. The van der Waals surface area contributed by atoms with E-state index in [1.54, 1.807) is 0 Å². The molecule has 0 fully saturated rings. The average molecular weight is 255 g/mol. The van der Waals surface area contributed by atoms with Crippen molar-refractivity contribution in [2.75, 3.05) is 20.6 Å². The van der Waals surface area contributed by atoms with Crippen LogP contribution in [-0.2, 0) is 0 Å². The summed E-state index contributed by atoms with van der Waals surface area (Å²) in [5.41, 5.74) is 0. The van der Waals surface area contributed by atoms with E-state index < -0.39 is 0 Å². The summed E-state index contributed by atoms with van der Waals surface area (Å²) in [6.07, 6.45) is 13.5. The summed E-state index contributed by atoms with van der Waals surface area (Å²) in [6, 6.07) is 0. The second-order valence-electron chi connectivity index (χ2n) is 5.49. The maximum absolute atomic E-state index is 3.57. The van der Waals surface area contributed by atoms with Crippen LogP contribution in [0.2, 0.25) is 0 Å². The van der Waals surface area contributed by atoms with E-state index in [9.17, 15) is 0 Å². The van der Waals surface area contributed by atoms with Crippen molar-refractivity contribution >= 4 is 5.84 Å². The van der Waals surface area contributed by atoms with Crippen LogP contribution in [0, 0.1) is 0 Å². The topological polar surface area (TPSA) is 15.0 Å². The first-order valence-electron chi connectivity index (χ1n) is 7.99. The Morgan fingerprint density at radius 3 is 1.89 bits per heavy atom. The zero-order chi connectivity index (χ0) is 13.6. The second kappa shape index (κ2) is 12.9. The first-order valence-corrected chi connectivity index (χ1v) is 7.99. The van der Waals surface area contributed by atoms with E-state index in [2.05, 4.69) is 37.8 Å². The van der Waals surface area contributed by atoms with Crippen molar-refractivity contribution in [1.82, 2.24) is 5.32 Å². The summed E-state index contributed by atoms with van der Waals surface area (Å²) in [4.78, 5) is 0. The fraction of sp³-hybridized carbons (Fsp3) is 0.938. The van der Waals surface area contributed by atoms with Crippen molar-refractivity contribution in [3.05, 3.63) is 0 Å². The molecule has 0 radical (unpaired) electrons. The number of amidine groups is 1. The van der Waals surface area contributed by atoms with Gasteiger partial charge in [-0.25, -0.2) is 0 Å². The zero-order valence-electron chi connectivity index (χ0n) is 13.2. The molecule has 1 N–H and O–H groups in total. The molecule has 108 valence electrons. The summed E-state index contributed by atoms with van der Waals surface area (Å²) in [5, 5.41) is 3.57. The normalized spacial score (nSPS) is 10.4. The average Bonchev–Trinajstić information content (AvgIpc) is 2.35. The number of nitrogens with one attached hydrogen (secondary N) is 1. The van der Waals surface area contributed by atoms with Crippen LogP contribution in [0.15, 0.2) is 0 Å². The summed E-state index contributed by atoms with van der Waals surface area (Å²) in [6.45, 7) is 5.65. The van der Waals surface area contributed by atoms with Gasteiger partial charge in [0.1, 0.15) is 0 Å². The van der Waals surface area contributed by atoms with E-state index >= 15 is 0 Å². The maximum Gasteiger partial charge on any atom is 0.244 e. The summed E-state index contributed by atoms with van der Waals surface area (Å²) in [5.74, 6) is 1.41. The van der Waals surface area contributed by atoms with Gasteiger partial charge in [-0.3, -0.25) is 9.89 Å². The molecule has 0 saturated heterocycles. The van der Waals surface area contributed by atoms with Crippen molar-refractivity contribution in [2.24, 2.45) is 0 Å². The fourth-order valence-corrected chi connectivity index (χ4v) is 2.13. The second-order valence-corrected chi connectivity index (χ2v) is 5.49. The van der Waals surface area contributed by atoms with Crippen LogP contribution in [0.5, 0.6) is 0 Å². The molecule has 0 aromatic heterocycles. The largest absolute Gasteiger partial charge is 0.278 e. The van der Waals surface area contributed by atoms with E-state index in [4.69, 9.17) is 0 Å².